The Kier molecular flexibility index (Phi) is 2.69. The molecule has 3 heteroatoms. The zero-order valence-electron chi connectivity index (χ0n) is 7.20. The first kappa shape index (κ1) is 8.59. The molecule has 64 valence electrons. The van der Waals surface area contributed by atoms with Crippen LogP contribution in [0.25, 0.3) is 0 Å². The lowest BCUT2D eigenvalue weighted by molar-refractivity contribution is 0.475. The monoisotopic (exact) mass is 164 g/mol. The molecule has 0 saturated carbocycles. The van der Waals surface area contributed by atoms with Gasteiger partial charge in [0.2, 0.25) is 0 Å². The molecule has 0 aliphatic heterocycles. The second-order valence-corrected chi connectivity index (χ2v) is 2.48. The van der Waals surface area contributed by atoms with Crippen LogP contribution in [0, 0.1) is 0 Å². The number of hydrogen-bond donors (Lipinski definition) is 2. The number of hydrogen-bond acceptors (Lipinski definition) is 2. The van der Waals surface area contributed by atoms with E-state index in [1.807, 2.05) is 6.92 Å². The Bertz CT molecular complexity index is 277. The van der Waals surface area contributed by atoms with Crippen molar-refractivity contribution in [3.8, 4) is 5.75 Å². The lowest BCUT2D eigenvalue weighted by Gasteiger charge is -2.03. The highest BCUT2D eigenvalue weighted by Crippen LogP contribution is 2.13. The number of phenols is 1. The Morgan fingerprint density at radius 2 is 1.92 bits per heavy atom. The van der Waals surface area contributed by atoms with Gasteiger partial charge in [-0.15, -0.1) is 0 Å². The van der Waals surface area contributed by atoms with Crippen molar-refractivity contribution in [2.24, 2.45) is 4.99 Å². The summed E-state index contributed by atoms with van der Waals surface area (Å²) in [5.74, 6) is 1.12. The van der Waals surface area contributed by atoms with E-state index in [1.54, 1.807) is 31.3 Å². The molecular weight excluding hydrogens is 152 g/mol. The van der Waals surface area contributed by atoms with Gasteiger partial charge >= 0.3 is 0 Å². The van der Waals surface area contributed by atoms with Gasteiger partial charge in [0.1, 0.15) is 5.75 Å². The molecule has 0 spiro atoms. The smallest absolute Gasteiger partial charge is 0.115 e. The molecule has 1 aromatic rings. The van der Waals surface area contributed by atoms with E-state index in [4.69, 9.17) is 5.11 Å². The SMILES string of the molecule is CN=C(C)Nc1ccc(O)cc1. The van der Waals surface area contributed by atoms with Gasteiger partial charge in [-0.25, -0.2) is 0 Å². The molecule has 0 unspecified atom stereocenters. The number of benzene rings is 1. The highest BCUT2D eigenvalue weighted by molar-refractivity contribution is 5.93. The first-order valence-corrected chi connectivity index (χ1v) is 3.72. The molecule has 3 nitrogen and oxygen atoms in total. The minimum Gasteiger partial charge on any atom is -0.508 e. The molecule has 0 atom stereocenters. The summed E-state index contributed by atoms with van der Waals surface area (Å²) in [5, 5.41) is 12.0. The molecular formula is C9H12N2O. The lowest BCUT2D eigenvalue weighted by atomic mass is 10.3. The van der Waals surface area contributed by atoms with Gasteiger partial charge in [-0.05, 0) is 31.2 Å². The lowest BCUT2D eigenvalue weighted by Crippen LogP contribution is -2.05. The number of rotatable bonds is 1. The van der Waals surface area contributed by atoms with Crippen LogP contribution in [0.5, 0.6) is 5.75 Å². The van der Waals surface area contributed by atoms with E-state index in [9.17, 15) is 0 Å². The average Bonchev–Trinajstić information content (AvgIpc) is 2.09. The highest BCUT2D eigenvalue weighted by atomic mass is 16.3. The maximum atomic E-state index is 8.99. The third-order valence-electron chi connectivity index (χ3n) is 1.53. The number of nitrogens with zero attached hydrogens (tertiary/aromatic N) is 1. The molecule has 0 bridgehead atoms. The largest absolute Gasteiger partial charge is 0.508 e. The van der Waals surface area contributed by atoms with E-state index < -0.39 is 0 Å². The summed E-state index contributed by atoms with van der Waals surface area (Å²) >= 11 is 0. The summed E-state index contributed by atoms with van der Waals surface area (Å²) in [5.41, 5.74) is 0.927. The van der Waals surface area contributed by atoms with Crippen molar-refractivity contribution in [3.63, 3.8) is 0 Å². The fourth-order valence-electron chi connectivity index (χ4n) is 0.810. The van der Waals surface area contributed by atoms with Crippen LogP contribution in [-0.2, 0) is 0 Å². The zero-order valence-corrected chi connectivity index (χ0v) is 7.20. The number of nitrogens with one attached hydrogen (secondary N) is 1. The van der Waals surface area contributed by atoms with Crippen LogP contribution in [0.3, 0.4) is 0 Å². The molecule has 0 saturated heterocycles. The Labute approximate surface area is 71.8 Å². The van der Waals surface area contributed by atoms with Gasteiger partial charge in [-0.3, -0.25) is 4.99 Å². The van der Waals surface area contributed by atoms with Crippen LogP contribution in [0.2, 0.25) is 0 Å². The predicted molar refractivity (Wildman–Crippen MR) is 50.8 cm³/mol. The summed E-state index contributed by atoms with van der Waals surface area (Å²) in [6.45, 7) is 1.88. The quantitative estimate of drug-likeness (QED) is 0.378. The Morgan fingerprint density at radius 1 is 1.33 bits per heavy atom. The number of anilines is 1. The maximum absolute atomic E-state index is 8.99. The van der Waals surface area contributed by atoms with Crippen molar-refractivity contribution < 1.29 is 5.11 Å². The zero-order chi connectivity index (χ0) is 8.97. The third-order valence-corrected chi connectivity index (χ3v) is 1.53. The van der Waals surface area contributed by atoms with Crippen molar-refractivity contribution in [3.05, 3.63) is 24.3 Å². The molecule has 0 fully saturated rings. The maximum Gasteiger partial charge on any atom is 0.115 e. The third kappa shape index (κ3) is 2.27. The van der Waals surface area contributed by atoms with Gasteiger partial charge in [-0.2, -0.15) is 0 Å². The Balaban J connectivity index is 2.71. The van der Waals surface area contributed by atoms with Crippen LogP contribution in [0.1, 0.15) is 6.92 Å². The first-order chi connectivity index (χ1) is 5.72. The minimum absolute atomic E-state index is 0.270. The van der Waals surface area contributed by atoms with Gasteiger partial charge in [-0.1, -0.05) is 0 Å². The van der Waals surface area contributed by atoms with Crippen molar-refractivity contribution in [2.75, 3.05) is 12.4 Å². The van der Waals surface area contributed by atoms with Crippen LogP contribution in [-0.4, -0.2) is 18.0 Å². The molecule has 0 heterocycles. The van der Waals surface area contributed by atoms with Gasteiger partial charge < -0.3 is 10.4 Å². The van der Waals surface area contributed by atoms with E-state index in [1.165, 1.54) is 0 Å². The average molecular weight is 164 g/mol. The first-order valence-electron chi connectivity index (χ1n) is 3.72. The minimum atomic E-state index is 0.270. The van der Waals surface area contributed by atoms with E-state index in [0.29, 0.717) is 0 Å². The molecule has 0 aromatic heterocycles. The summed E-state index contributed by atoms with van der Waals surface area (Å²) in [4.78, 5) is 3.95. The molecule has 0 radical (unpaired) electrons. The van der Waals surface area contributed by atoms with E-state index in [0.717, 1.165) is 11.5 Å². The Hall–Kier alpha value is -1.51. The molecule has 1 rings (SSSR count). The second-order valence-electron chi connectivity index (χ2n) is 2.48. The second kappa shape index (κ2) is 3.76. The fourth-order valence-corrected chi connectivity index (χ4v) is 0.810. The van der Waals surface area contributed by atoms with Gasteiger partial charge in [0, 0.05) is 12.7 Å². The van der Waals surface area contributed by atoms with Gasteiger partial charge in [0.05, 0.1) is 5.84 Å². The van der Waals surface area contributed by atoms with Gasteiger partial charge in [0.25, 0.3) is 0 Å². The summed E-state index contributed by atoms with van der Waals surface area (Å²) in [7, 11) is 1.72. The van der Waals surface area contributed by atoms with Gasteiger partial charge in [0.15, 0.2) is 0 Å². The Morgan fingerprint density at radius 3 is 2.42 bits per heavy atom. The van der Waals surface area contributed by atoms with Crippen LogP contribution in [0.15, 0.2) is 29.3 Å². The van der Waals surface area contributed by atoms with E-state index in [2.05, 4.69) is 10.3 Å². The molecule has 2 N–H and O–H groups in total. The predicted octanol–water partition coefficient (Wildman–Crippen LogP) is 1.85. The molecule has 0 aliphatic carbocycles. The molecule has 0 amide bonds. The topological polar surface area (TPSA) is 44.6 Å². The van der Waals surface area contributed by atoms with Crippen molar-refractivity contribution in [1.82, 2.24) is 0 Å². The highest BCUT2D eigenvalue weighted by Gasteiger charge is 1.92. The van der Waals surface area contributed by atoms with Crippen molar-refractivity contribution in [1.29, 1.82) is 0 Å². The molecule has 1 aromatic carbocycles. The number of amidine groups is 1. The summed E-state index contributed by atoms with van der Waals surface area (Å²) < 4.78 is 0. The fraction of sp³-hybridized carbons (Fsp3) is 0.222. The number of phenolic OH excluding ortho intramolecular Hbond substituents is 1. The van der Waals surface area contributed by atoms with Crippen LogP contribution >= 0.6 is 0 Å². The van der Waals surface area contributed by atoms with Crippen molar-refractivity contribution in [2.45, 2.75) is 6.92 Å². The van der Waals surface area contributed by atoms with Crippen LogP contribution < -0.4 is 5.32 Å². The summed E-state index contributed by atoms with van der Waals surface area (Å²) in [6.07, 6.45) is 0. The molecule has 0 aliphatic rings. The normalized spacial score (nSPS) is 11.3. The van der Waals surface area contributed by atoms with E-state index >= 15 is 0 Å². The van der Waals surface area contributed by atoms with Crippen molar-refractivity contribution >= 4 is 11.5 Å². The summed E-state index contributed by atoms with van der Waals surface area (Å²) in [6, 6.07) is 6.85. The van der Waals surface area contributed by atoms with E-state index in [-0.39, 0.29) is 5.75 Å². The number of aliphatic imine (C=N–C) groups is 1. The standard InChI is InChI=1S/C9H12N2O/c1-7(10-2)11-8-3-5-9(12)6-4-8/h3-6,12H,1-2H3,(H,10,11). The van der Waals surface area contributed by atoms with Crippen LogP contribution in [0.4, 0.5) is 5.69 Å². The number of aromatic hydroxyl groups is 1. The molecule has 12 heavy (non-hydrogen) atoms.